The molecule has 5 nitrogen and oxygen atoms in total. The van der Waals surface area contributed by atoms with Gasteiger partial charge in [-0.15, -0.1) is 10.2 Å². The smallest absolute Gasteiger partial charge is 0.416 e. The number of hydrogen-bond donors (Lipinski definition) is 0. The third kappa shape index (κ3) is 3.80. The fourth-order valence-corrected chi connectivity index (χ4v) is 3.69. The zero-order valence-electron chi connectivity index (χ0n) is 14.8. The number of fused-ring (bicyclic) bond motifs is 1. The van der Waals surface area contributed by atoms with Gasteiger partial charge < -0.3 is 14.0 Å². The van der Waals surface area contributed by atoms with Crippen molar-refractivity contribution in [3.05, 3.63) is 65.5 Å². The van der Waals surface area contributed by atoms with Crippen LogP contribution in [0.5, 0.6) is 11.5 Å². The lowest BCUT2D eigenvalue weighted by Gasteiger charge is -2.25. The number of rotatable bonds is 4. The van der Waals surface area contributed by atoms with Gasteiger partial charge in [-0.3, -0.25) is 0 Å². The molecule has 1 aliphatic rings. The number of para-hydroxylation sites is 2. The summed E-state index contributed by atoms with van der Waals surface area (Å²) in [5, 5.41) is 9.04. The van der Waals surface area contributed by atoms with Gasteiger partial charge in [-0.2, -0.15) is 13.2 Å². The lowest BCUT2D eigenvalue weighted by atomic mass is 10.1. The van der Waals surface area contributed by atoms with E-state index in [1.54, 1.807) is 0 Å². The van der Waals surface area contributed by atoms with Crippen molar-refractivity contribution in [3.63, 3.8) is 0 Å². The van der Waals surface area contributed by atoms with E-state index >= 15 is 0 Å². The van der Waals surface area contributed by atoms with Crippen molar-refractivity contribution in [3.8, 4) is 11.5 Å². The maximum absolute atomic E-state index is 12.6. The molecule has 0 aliphatic carbocycles. The van der Waals surface area contributed by atoms with Crippen molar-refractivity contribution < 1.29 is 22.6 Å². The summed E-state index contributed by atoms with van der Waals surface area (Å²) in [5.74, 6) is 2.46. The Labute approximate surface area is 163 Å². The van der Waals surface area contributed by atoms with Crippen LogP contribution in [-0.4, -0.2) is 21.4 Å². The van der Waals surface area contributed by atoms with Crippen LogP contribution >= 0.6 is 11.8 Å². The second kappa shape index (κ2) is 7.38. The molecule has 0 radical (unpaired) electrons. The highest BCUT2D eigenvalue weighted by molar-refractivity contribution is 7.98. The summed E-state index contributed by atoms with van der Waals surface area (Å²) >= 11 is 1.40. The van der Waals surface area contributed by atoms with Crippen LogP contribution in [0.25, 0.3) is 0 Å². The van der Waals surface area contributed by atoms with E-state index in [1.165, 1.54) is 23.9 Å². The van der Waals surface area contributed by atoms with Crippen molar-refractivity contribution in [2.75, 3.05) is 6.61 Å². The monoisotopic (exact) mass is 407 g/mol. The van der Waals surface area contributed by atoms with E-state index < -0.39 is 11.7 Å². The van der Waals surface area contributed by atoms with Gasteiger partial charge in [0.05, 0.1) is 5.56 Å². The summed E-state index contributed by atoms with van der Waals surface area (Å²) in [6.45, 7) is 0.326. The fourth-order valence-electron chi connectivity index (χ4n) is 2.82. The van der Waals surface area contributed by atoms with E-state index in [-0.39, 0.29) is 6.10 Å². The zero-order valence-corrected chi connectivity index (χ0v) is 15.6. The molecule has 9 heteroatoms. The standard InChI is InChI=1S/C19H16F3N3O2S/c1-25-17(16-10-26-14-4-2-3-5-15(14)27-16)23-24-18(25)28-11-12-6-8-13(9-7-12)19(20,21)22/h2-9,16H,10-11H2,1H3. The summed E-state index contributed by atoms with van der Waals surface area (Å²) < 4.78 is 51.4. The van der Waals surface area contributed by atoms with Crippen LogP contribution in [0, 0.1) is 0 Å². The maximum atomic E-state index is 12.6. The van der Waals surface area contributed by atoms with Crippen LogP contribution in [0.15, 0.2) is 53.7 Å². The van der Waals surface area contributed by atoms with Crippen LogP contribution < -0.4 is 9.47 Å². The molecule has 3 aromatic rings. The second-order valence-electron chi connectivity index (χ2n) is 6.25. The molecular weight excluding hydrogens is 391 g/mol. The fraction of sp³-hybridized carbons (Fsp3) is 0.263. The predicted octanol–water partition coefficient (Wildman–Crippen LogP) is 4.64. The van der Waals surface area contributed by atoms with Crippen molar-refractivity contribution >= 4 is 11.8 Å². The molecule has 0 amide bonds. The van der Waals surface area contributed by atoms with Crippen molar-refractivity contribution in [1.29, 1.82) is 0 Å². The summed E-state index contributed by atoms with van der Waals surface area (Å²) in [7, 11) is 1.83. The van der Waals surface area contributed by atoms with Crippen LogP contribution in [0.2, 0.25) is 0 Å². The highest BCUT2D eigenvalue weighted by atomic mass is 32.2. The van der Waals surface area contributed by atoms with Crippen LogP contribution in [0.3, 0.4) is 0 Å². The summed E-state index contributed by atoms with van der Waals surface area (Å²) in [6.07, 6.45) is -4.71. The van der Waals surface area contributed by atoms with Crippen LogP contribution in [-0.2, 0) is 19.0 Å². The highest BCUT2D eigenvalue weighted by Crippen LogP contribution is 2.36. The highest BCUT2D eigenvalue weighted by Gasteiger charge is 2.30. The van der Waals surface area contributed by atoms with Gasteiger partial charge >= 0.3 is 6.18 Å². The Morgan fingerprint density at radius 2 is 1.79 bits per heavy atom. The molecule has 0 bridgehead atoms. The Bertz CT molecular complexity index is 973. The quantitative estimate of drug-likeness (QED) is 0.590. The molecule has 0 N–H and O–H groups in total. The summed E-state index contributed by atoms with van der Waals surface area (Å²) in [4.78, 5) is 0. The van der Waals surface area contributed by atoms with Crippen molar-refractivity contribution in [2.24, 2.45) is 7.05 Å². The van der Waals surface area contributed by atoms with Gasteiger partial charge in [-0.1, -0.05) is 36.0 Å². The number of nitrogens with zero attached hydrogens (tertiary/aromatic N) is 3. The largest absolute Gasteiger partial charge is 0.485 e. The molecule has 1 atom stereocenters. The number of ether oxygens (including phenoxy) is 2. The minimum Gasteiger partial charge on any atom is -0.485 e. The topological polar surface area (TPSA) is 49.2 Å². The van der Waals surface area contributed by atoms with Crippen LogP contribution in [0.1, 0.15) is 23.1 Å². The van der Waals surface area contributed by atoms with Crippen molar-refractivity contribution in [2.45, 2.75) is 23.2 Å². The molecule has 0 saturated carbocycles. The minimum absolute atomic E-state index is 0.326. The van der Waals surface area contributed by atoms with E-state index in [2.05, 4.69) is 10.2 Å². The van der Waals surface area contributed by atoms with Crippen LogP contribution in [0.4, 0.5) is 13.2 Å². The Hall–Kier alpha value is -2.68. The maximum Gasteiger partial charge on any atom is 0.416 e. The average Bonchev–Trinajstić information content (AvgIpc) is 3.06. The Kier molecular flexibility index (Phi) is 4.92. The number of halogens is 3. The van der Waals surface area contributed by atoms with Gasteiger partial charge in [0.15, 0.2) is 28.6 Å². The van der Waals surface area contributed by atoms with E-state index in [4.69, 9.17) is 9.47 Å². The number of aromatic nitrogens is 3. The van der Waals surface area contributed by atoms with Gasteiger partial charge in [0.2, 0.25) is 0 Å². The van der Waals surface area contributed by atoms with Gasteiger partial charge in [0, 0.05) is 12.8 Å². The molecule has 1 aliphatic heterocycles. The second-order valence-corrected chi connectivity index (χ2v) is 7.19. The molecule has 0 spiro atoms. The third-order valence-electron chi connectivity index (χ3n) is 4.31. The van der Waals surface area contributed by atoms with E-state index in [0.29, 0.717) is 34.8 Å². The molecule has 0 fully saturated rings. The number of hydrogen-bond acceptors (Lipinski definition) is 5. The molecule has 146 valence electrons. The first kappa shape index (κ1) is 18.7. The molecule has 4 rings (SSSR count). The molecular formula is C19H16F3N3O2S. The van der Waals surface area contributed by atoms with E-state index in [1.807, 2.05) is 35.9 Å². The van der Waals surface area contributed by atoms with Gasteiger partial charge in [0.25, 0.3) is 0 Å². The average molecular weight is 407 g/mol. The molecule has 28 heavy (non-hydrogen) atoms. The lowest BCUT2D eigenvalue weighted by Crippen LogP contribution is -2.24. The normalized spacial score (nSPS) is 16.2. The predicted molar refractivity (Wildman–Crippen MR) is 97.3 cm³/mol. The molecule has 2 aromatic carbocycles. The summed E-state index contributed by atoms with van der Waals surface area (Å²) in [6, 6.07) is 12.5. The Morgan fingerprint density at radius 3 is 2.50 bits per heavy atom. The van der Waals surface area contributed by atoms with E-state index in [0.717, 1.165) is 17.7 Å². The third-order valence-corrected chi connectivity index (χ3v) is 5.41. The Balaban J connectivity index is 1.43. The SMILES string of the molecule is Cn1c(SCc2ccc(C(F)(F)F)cc2)nnc1C1COc2ccccc2O1. The first-order chi connectivity index (χ1) is 13.4. The van der Waals surface area contributed by atoms with E-state index in [9.17, 15) is 13.2 Å². The first-order valence-corrected chi connectivity index (χ1v) is 9.47. The molecule has 1 unspecified atom stereocenters. The summed E-state index contributed by atoms with van der Waals surface area (Å²) in [5.41, 5.74) is 0.116. The van der Waals surface area contributed by atoms with Gasteiger partial charge in [-0.05, 0) is 29.8 Å². The molecule has 2 heterocycles. The first-order valence-electron chi connectivity index (χ1n) is 8.48. The number of benzene rings is 2. The van der Waals surface area contributed by atoms with Crippen molar-refractivity contribution in [1.82, 2.24) is 14.8 Å². The number of thioether (sulfide) groups is 1. The van der Waals surface area contributed by atoms with Gasteiger partial charge in [0.1, 0.15) is 6.61 Å². The lowest BCUT2D eigenvalue weighted by molar-refractivity contribution is -0.137. The molecule has 0 saturated heterocycles. The number of alkyl halides is 3. The zero-order chi connectivity index (χ0) is 19.7. The Morgan fingerprint density at radius 1 is 1.07 bits per heavy atom. The van der Waals surface area contributed by atoms with Gasteiger partial charge in [-0.25, -0.2) is 0 Å². The molecule has 1 aromatic heterocycles. The minimum atomic E-state index is -4.33.